The molecule has 7 heteroatoms. The van der Waals surface area contributed by atoms with E-state index in [4.69, 9.17) is 4.42 Å². The monoisotopic (exact) mass is 395 g/mol. The fraction of sp³-hybridized carbons (Fsp3) is 0.409. The molecule has 7 nitrogen and oxygen atoms in total. The van der Waals surface area contributed by atoms with Crippen molar-refractivity contribution in [3.8, 4) is 0 Å². The second-order valence-electron chi connectivity index (χ2n) is 7.68. The third kappa shape index (κ3) is 4.34. The number of furan rings is 1. The third-order valence-corrected chi connectivity index (χ3v) is 5.73. The predicted octanol–water partition coefficient (Wildman–Crippen LogP) is 2.94. The lowest BCUT2D eigenvalue weighted by Crippen LogP contribution is -2.35. The van der Waals surface area contributed by atoms with Gasteiger partial charge in [-0.3, -0.25) is 14.4 Å². The Morgan fingerprint density at radius 2 is 1.90 bits per heavy atom. The standard InChI is InChI=1S/C22H25N3O4/c26-20-12-15(14-25(20)16-6-1-2-7-16)21(27)24-19-10-4-3-9-18(19)22(28)23-13-17-8-5-11-29-17/h3-5,8-11,15-16H,1-2,6-7,12-14H2,(H,23,28)(H,24,27). The van der Waals surface area contributed by atoms with Crippen molar-refractivity contribution in [1.29, 1.82) is 0 Å². The second-order valence-corrected chi connectivity index (χ2v) is 7.68. The largest absolute Gasteiger partial charge is 0.467 e. The van der Waals surface area contributed by atoms with Gasteiger partial charge in [0.2, 0.25) is 11.8 Å². The molecule has 2 aromatic rings. The minimum atomic E-state index is -0.387. The molecule has 0 bridgehead atoms. The molecule has 1 saturated carbocycles. The van der Waals surface area contributed by atoms with Gasteiger partial charge in [-0.1, -0.05) is 25.0 Å². The predicted molar refractivity (Wildman–Crippen MR) is 107 cm³/mol. The summed E-state index contributed by atoms with van der Waals surface area (Å²) in [6.07, 6.45) is 6.12. The fourth-order valence-corrected chi connectivity index (χ4v) is 4.18. The molecule has 29 heavy (non-hydrogen) atoms. The number of anilines is 1. The molecule has 4 rings (SSSR count). The zero-order chi connectivity index (χ0) is 20.2. The van der Waals surface area contributed by atoms with Gasteiger partial charge in [0.15, 0.2) is 0 Å². The third-order valence-electron chi connectivity index (χ3n) is 5.73. The number of likely N-dealkylation sites (tertiary alicyclic amines) is 1. The summed E-state index contributed by atoms with van der Waals surface area (Å²) in [6.45, 7) is 0.726. The van der Waals surface area contributed by atoms with Crippen LogP contribution in [0.25, 0.3) is 0 Å². The summed E-state index contributed by atoms with van der Waals surface area (Å²) in [7, 11) is 0. The molecule has 1 unspecified atom stereocenters. The highest BCUT2D eigenvalue weighted by Crippen LogP contribution is 2.30. The highest BCUT2D eigenvalue weighted by molar-refractivity contribution is 6.05. The van der Waals surface area contributed by atoms with Crippen LogP contribution in [0.3, 0.4) is 0 Å². The van der Waals surface area contributed by atoms with Crippen LogP contribution in [0.5, 0.6) is 0 Å². The molecule has 1 aliphatic heterocycles. The first-order valence-electron chi connectivity index (χ1n) is 10.1. The van der Waals surface area contributed by atoms with E-state index in [0.717, 1.165) is 25.7 Å². The molecule has 0 radical (unpaired) electrons. The Labute approximate surface area is 169 Å². The van der Waals surface area contributed by atoms with E-state index in [-0.39, 0.29) is 42.6 Å². The van der Waals surface area contributed by atoms with Crippen molar-refractivity contribution in [2.24, 2.45) is 5.92 Å². The Bertz CT molecular complexity index is 887. The number of amides is 3. The molecule has 1 saturated heterocycles. The zero-order valence-electron chi connectivity index (χ0n) is 16.2. The summed E-state index contributed by atoms with van der Waals surface area (Å²) in [5.74, 6) is -0.197. The lowest BCUT2D eigenvalue weighted by molar-refractivity contribution is -0.129. The van der Waals surface area contributed by atoms with Gasteiger partial charge in [0.1, 0.15) is 5.76 Å². The maximum absolute atomic E-state index is 12.8. The first kappa shape index (κ1) is 19.2. The summed E-state index contributed by atoms with van der Waals surface area (Å²) in [5.41, 5.74) is 0.825. The van der Waals surface area contributed by atoms with Gasteiger partial charge in [-0.05, 0) is 37.1 Å². The number of para-hydroxylation sites is 1. The van der Waals surface area contributed by atoms with Crippen molar-refractivity contribution in [3.63, 3.8) is 0 Å². The Morgan fingerprint density at radius 1 is 1.10 bits per heavy atom. The number of nitrogens with one attached hydrogen (secondary N) is 2. The minimum Gasteiger partial charge on any atom is -0.467 e. The Morgan fingerprint density at radius 3 is 2.66 bits per heavy atom. The SMILES string of the molecule is O=C(NCc1ccco1)c1ccccc1NC(=O)C1CC(=O)N(C2CCCC2)C1. The number of hydrogen-bond acceptors (Lipinski definition) is 4. The Balaban J connectivity index is 1.39. The van der Waals surface area contributed by atoms with Crippen LogP contribution in [0.2, 0.25) is 0 Å². The molecular formula is C22H25N3O4. The zero-order valence-corrected chi connectivity index (χ0v) is 16.2. The molecule has 1 aliphatic carbocycles. The van der Waals surface area contributed by atoms with Crippen LogP contribution in [0, 0.1) is 5.92 Å². The molecule has 1 aromatic carbocycles. The van der Waals surface area contributed by atoms with Gasteiger partial charge in [0, 0.05) is 19.0 Å². The smallest absolute Gasteiger partial charge is 0.253 e. The number of nitrogens with zero attached hydrogens (tertiary/aromatic N) is 1. The maximum Gasteiger partial charge on any atom is 0.253 e. The molecule has 1 aromatic heterocycles. The van der Waals surface area contributed by atoms with Gasteiger partial charge >= 0.3 is 0 Å². The summed E-state index contributed by atoms with van der Waals surface area (Å²) in [5, 5.41) is 5.65. The molecule has 2 N–H and O–H groups in total. The first-order valence-corrected chi connectivity index (χ1v) is 10.1. The average molecular weight is 395 g/mol. The van der Waals surface area contributed by atoms with Gasteiger partial charge in [0.25, 0.3) is 5.91 Å². The molecular weight excluding hydrogens is 370 g/mol. The van der Waals surface area contributed by atoms with Crippen molar-refractivity contribution < 1.29 is 18.8 Å². The quantitative estimate of drug-likeness (QED) is 0.787. The van der Waals surface area contributed by atoms with E-state index in [2.05, 4.69) is 10.6 Å². The summed E-state index contributed by atoms with van der Waals surface area (Å²) in [4.78, 5) is 39.6. The van der Waals surface area contributed by atoms with Crippen LogP contribution in [-0.2, 0) is 16.1 Å². The van der Waals surface area contributed by atoms with Crippen molar-refractivity contribution >= 4 is 23.4 Å². The highest BCUT2D eigenvalue weighted by atomic mass is 16.3. The van der Waals surface area contributed by atoms with Crippen molar-refractivity contribution in [2.75, 3.05) is 11.9 Å². The molecule has 0 spiro atoms. The van der Waals surface area contributed by atoms with E-state index in [1.54, 1.807) is 42.7 Å². The Kier molecular flexibility index (Phi) is 5.64. The van der Waals surface area contributed by atoms with Crippen LogP contribution in [-0.4, -0.2) is 35.2 Å². The van der Waals surface area contributed by atoms with Crippen LogP contribution in [0.1, 0.15) is 48.2 Å². The number of carbonyl (C=O) groups excluding carboxylic acids is 3. The molecule has 2 heterocycles. The molecule has 2 aliphatic rings. The van der Waals surface area contributed by atoms with Crippen molar-refractivity contribution in [2.45, 2.75) is 44.7 Å². The lowest BCUT2D eigenvalue weighted by Gasteiger charge is -2.24. The highest BCUT2D eigenvalue weighted by Gasteiger charge is 2.38. The van der Waals surface area contributed by atoms with Gasteiger partial charge in [0.05, 0.1) is 30.0 Å². The number of hydrogen-bond donors (Lipinski definition) is 2. The lowest BCUT2D eigenvalue weighted by atomic mass is 10.1. The van der Waals surface area contributed by atoms with Crippen LogP contribution in [0.15, 0.2) is 47.1 Å². The molecule has 3 amide bonds. The van der Waals surface area contributed by atoms with Crippen molar-refractivity contribution in [3.05, 3.63) is 54.0 Å². The molecule has 2 fully saturated rings. The van der Waals surface area contributed by atoms with Crippen LogP contribution >= 0.6 is 0 Å². The summed E-state index contributed by atoms with van der Waals surface area (Å²) >= 11 is 0. The van der Waals surface area contributed by atoms with Crippen molar-refractivity contribution in [1.82, 2.24) is 10.2 Å². The van der Waals surface area contributed by atoms with Crippen LogP contribution in [0.4, 0.5) is 5.69 Å². The second kappa shape index (κ2) is 8.51. The average Bonchev–Trinajstić information content (AvgIpc) is 3.48. The topological polar surface area (TPSA) is 91.6 Å². The van der Waals surface area contributed by atoms with Gasteiger partial charge in [-0.25, -0.2) is 0 Å². The molecule has 1 atom stereocenters. The van der Waals surface area contributed by atoms with Gasteiger partial charge in [-0.2, -0.15) is 0 Å². The maximum atomic E-state index is 12.8. The van der Waals surface area contributed by atoms with Gasteiger partial charge < -0.3 is 20.0 Å². The van der Waals surface area contributed by atoms with E-state index in [9.17, 15) is 14.4 Å². The fourth-order valence-electron chi connectivity index (χ4n) is 4.18. The summed E-state index contributed by atoms with van der Waals surface area (Å²) < 4.78 is 5.22. The summed E-state index contributed by atoms with van der Waals surface area (Å²) in [6, 6.07) is 10.7. The first-order chi connectivity index (χ1) is 14.1. The van der Waals surface area contributed by atoms with Gasteiger partial charge in [-0.15, -0.1) is 0 Å². The number of benzene rings is 1. The van der Waals surface area contributed by atoms with E-state index < -0.39 is 0 Å². The number of rotatable bonds is 6. The van der Waals surface area contributed by atoms with E-state index in [1.807, 2.05) is 4.90 Å². The molecule has 152 valence electrons. The normalized spacial score (nSPS) is 19.5. The van der Waals surface area contributed by atoms with E-state index in [0.29, 0.717) is 23.6 Å². The van der Waals surface area contributed by atoms with E-state index in [1.165, 1.54) is 0 Å². The number of carbonyl (C=O) groups is 3. The minimum absolute atomic E-state index is 0.0570. The Hall–Kier alpha value is -3.09. The van der Waals surface area contributed by atoms with Crippen LogP contribution < -0.4 is 10.6 Å². The van der Waals surface area contributed by atoms with E-state index >= 15 is 0 Å².